The first kappa shape index (κ1) is 62.0. The maximum absolute atomic E-state index is 13.0. The molecule has 0 bridgehead atoms. The fourth-order valence-electron chi connectivity index (χ4n) is 10.9. The van der Waals surface area contributed by atoms with Crippen molar-refractivity contribution in [2.45, 2.75) is 181 Å². The van der Waals surface area contributed by atoms with Gasteiger partial charge in [0.1, 0.15) is 18.1 Å². The zero-order valence-corrected chi connectivity index (χ0v) is 49.3. The molecule has 0 radical (unpaired) electrons. The number of likely N-dealkylation sites (tertiary alicyclic amines) is 3. The number of nitrogens with one attached hydrogen (secondary N) is 3. The first-order valence-electron chi connectivity index (χ1n) is 28.2. The van der Waals surface area contributed by atoms with Crippen molar-refractivity contribution in [3.63, 3.8) is 0 Å². The third kappa shape index (κ3) is 15.6. The monoisotopic (exact) mass is 1030 g/mol. The maximum Gasteiger partial charge on any atom is 0.243 e. The van der Waals surface area contributed by atoms with Crippen molar-refractivity contribution >= 4 is 35.4 Å². The average Bonchev–Trinajstić information content (AvgIpc) is 3.96. The van der Waals surface area contributed by atoms with Gasteiger partial charge in [-0.05, 0) is 112 Å². The summed E-state index contributed by atoms with van der Waals surface area (Å²) < 4.78 is 0. The topological polar surface area (TPSA) is 148 Å². The number of carbonyl (C=O) groups is 6. The van der Waals surface area contributed by atoms with Crippen molar-refractivity contribution in [1.29, 1.82) is 0 Å². The minimum atomic E-state index is -0.377. The molecule has 3 fully saturated rings. The van der Waals surface area contributed by atoms with Crippen molar-refractivity contribution in [2.75, 3.05) is 19.6 Å². The standard InChI is InChI=1S/3C21H32N2O2/c1-12(2)21(25)23-11-15(5)16(6)19(23)20(24)22-17(7)18-9-8-13(3)10-14(18)4;1-7-14(3)21(25)23-12-15(4)16(5)19(23)20(24)22-17(6)18-10-8-13(2)9-11-18;1-7-18(17-10-8-14(4)9-11-17)22-20(24)19-16(6)15(5)12-23(19)21(25)13(2)3/h8-10,12,15-17,19H,11H2,1-7H3,(H,22,24);8-11,14-17,19H,7,12H2,1-6H3,(H,22,24);8-11,13,15-16,18-19H,7,12H2,1-6H3,(H,22,24)/t;14?,15?,16-,17?,19?;/m.0./s1. The molecule has 0 spiro atoms. The van der Waals surface area contributed by atoms with E-state index in [0.717, 1.165) is 29.5 Å². The molecule has 3 saturated heterocycles. The van der Waals surface area contributed by atoms with E-state index in [2.05, 4.69) is 140 Å². The summed E-state index contributed by atoms with van der Waals surface area (Å²) in [6, 6.07) is 21.5. The van der Waals surface area contributed by atoms with Gasteiger partial charge in [0.25, 0.3) is 0 Å². The molecule has 6 amide bonds. The normalized spacial score (nSPS) is 24.8. The van der Waals surface area contributed by atoms with E-state index in [1.807, 2.05) is 74.4 Å². The lowest BCUT2D eigenvalue weighted by atomic mass is 9.93. The van der Waals surface area contributed by atoms with Crippen molar-refractivity contribution in [3.8, 4) is 0 Å². The minimum absolute atomic E-state index is 0.0211. The van der Waals surface area contributed by atoms with Gasteiger partial charge in [-0.15, -0.1) is 0 Å². The zero-order valence-electron chi connectivity index (χ0n) is 49.3. The Labute approximate surface area is 452 Å². The van der Waals surface area contributed by atoms with E-state index >= 15 is 0 Å². The highest BCUT2D eigenvalue weighted by Gasteiger charge is 2.47. The molecule has 414 valence electrons. The molecular formula is C63H96N6O6. The van der Waals surface area contributed by atoms with Gasteiger partial charge in [0.05, 0.1) is 18.1 Å². The van der Waals surface area contributed by atoms with Crippen LogP contribution in [0.5, 0.6) is 0 Å². The number of nitrogens with zero attached hydrogens (tertiary/aromatic N) is 3. The lowest BCUT2D eigenvalue weighted by Gasteiger charge is -2.29. The average molecular weight is 1030 g/mol. The minimum Gasteiger partial charge on any atom is -0.348 e. The quantitative estimate of drug-likeness (QED) is 0.146. The summed E-state index contributed by atoms with van der Waals surface area (Å²) in [6.07, 6.45) is 1.62. The summed E-state index contributed by atoms with van der Waals surface area (Å²) in [7, 11) is 0. The van der Waals surface area contributed by atoms with Gasteiger partial charge in [-0.2, -0.15) is 0 Å². The van der Waals surface area contributed by atoms with Gasteiger partial charge in [0.15, 0.2) is 0 Å². The highest BCUT2D eigenvalue weighted by atomic mass is 16.2. The molecule has 3 aromatic carbocycles. The van der Waals surface area contributed by atoms with Gasteiger partial charge in [-0.25, -0.2) is 0 Å². The van der Waals surface area contributed by atoms with Gasteiger partial charge < -0.3 is 30.7 Å². The van der Waals surface area contributed by atoms with E-state index in [4.69, 9.17) is 0 Å². The van der Waals surface area contributed by atoms with E-state index in [1.165, 1.54) is 22.3 Å². The maximum atomic E-state index is 13.0. The predicted molar refractivity (Wildman–Crippen MR) is 303 cm³/mol. The number of amides is 6. The second kappa shape index (κ2) is 27.5. The second-order valence-electron chi connectivity index (χ2n) is 23.5. The summed E-state index contributed by atoms with van der Waals surface area (Å²) in [5, 5.41) is 9.44. The Balaban J connectivity index is 0.000000243. The van der Waals surface area contributed by atoms with Crippen LogP contribution in [0, 0.1) is 81.0 Å². The SMILES string of the molecule is CCC(C)C(=O)N1CC(C)[C@H](C)C1C(=O)NC(C)c1ccc(C)cc1.CCC(NC(=O)C1C(C)C(C)CN1C(=O)C(C)C)c1ccc(C)cc1.Cc1ccc(C(C)NC(=O)C2C(C)C(C)CN2C(=O)C(C)C)c(C)c1. The van der Waals surface area contributed by atoms with Crippen molar-refractivity contribution in [3.05, 3.63) is 106 Å². The van der Waals surface area contributed by atoms with Crippen LogP contribution in [0.3, 0.4) is 0 Å². The van der Waals surface area contributed by atoms with Crippen molar-refractivity contribution in [1.82, 2.24) is 30.7 Å². The Bertz CT molecular complexity index is 2400. The van der Waals surface area contributed by atoms with Crippen molar-refractivity contribution in [2.24, 2.45) is 53.3 Å². The molecule has 75 heavy (non-hydrogen) atoms. The van der Waals surface area contributed by atoms with Crippen LogP contribution in [-0.2, 0) is 28.8 Å². The fraction of sp³-hybridized carbons (Fsp3) is 0.619. The molecule has 3 aliphatic rings. The molecule has 12 nitrogen and oxygen atoms in total. The summed E-state index contributed by atoms with van der Waals surface area (Å²) >= 11 is 0. The van der Waals surface area contributed by atoms with Crippen LogP contribution in [0.4, 0.5) is 0 Å². The predicted octanol–water partition coefficient (Wildman–Crippen LogP) is 11.0. The number of hydrogen-bond donors (Lipinski definition) is 3. The van der Waals surface area contributed by atoms with E-state index < -0.39 is 0 Å². The highest BCUT2D eigenvalue weighted by Crippen LogP contribution is 2.34. The van der Waals surface area contributed by atoms with Gasteiger partial charge in [-0.1, -0.05) is 173 Å². The molecule has 0 saturated carbocycles. The Hall–Kier alpha value is -5.52. The molecule has 12 heteroatoms. The van der Waals surface area contributed by atoms with Crippen LogP contribution < -0.4 is 16.0 Å². The molecule has 3 aliphatic heterocycles. The highest BCUT2D eigenvalue weighted by molar-refractivity contribution is 5.91. The third-order valence-electron chi connectivity index (χ3n) is 16.7. The van der Waals surface area contributed by atoms with E-state index in [0.29, 0.717) is 37.4 Å². The lowest BCUT2D eigenvalue weighted by Crippen LogP contribution is -2.50. The molecule has 3 aromatic rings. The van der Waals surface area contributed by atoms with Gasteiger partial charge in [0, 0.05) is 37.4 Å². The Kier molecular flexibility index (Phi) is 22.7. The molecule has 0 aromatic heterocycles. The summed E-state index contributed by atoms with van der Waals surface area (Å²) in [6.45, 7) is 40.4. The Morgan fingerprint density at radius 1 is 0.467 bits per heavy atom. The number of carbonyl (C=O) groups excluding carboxylic acids is 6. The van der Waals surface area contributed by atoms with Crippen LogP contribution in [0.15, 0.2) is 66.7 Å². The Morgan fingerprint density at radius 2 is 0.827 bits per heavy atom. The molecule has 6 rings (SSSR count). The number of rotatable bonds is 14. The van der Waals surface area contributed by atoms with Gasteiger partial charge in [0.2, 0.25) is 35.4 Å². The lowest BCUT2D eigenvalue weighted by molar-refractivity contribution is -0.142. The summed E-state index contributed by atoms with van der Waals surface area (Å²) in [5.41, 5.74) is 8.11. The molecule has 12 unspecified atom stereocenters. The van der Waals surface area contributed by atoms with Crippen LogP contribution in [0.1, 0.15) is 174 Å². The van der Waals surface area contributed by atoms with E-state index in [9.17, 15) is 28.8 Å². The van der Waals surface area contributed by atoms with Gasteiger partial charge in [-0.3, -0.25) is 28.8 Å². The van der Waals surface area contributed by atoms with Crippen LogP contribution in [0.2, 0.25) is 0 Å². The number of hydrogen-bond acceptors (Lipinski definition) is 6. The first-order chi connectivity index (χ1) is 35.1. The summed E-state index contributed by atoms with van der Waals surface area (Å²) in [5.74, 6) is 1.38. The third-order valence-corrected chi connectivity index (χ3v) is 16.7. The van der Waals surface area contributed by atoms with E-state index in [1.54, 1.807) is 14.7 Å². The fourth-order valence-corrected chi connectivity index (χ4v) is 10.9. The number of benzene rings is 3. The molecule has 3 N–H and O–H groups in total. The van der Waals surface area contributed by atoms with Crippen molar-refractivity contribution < 1.29 is 28.8 Å². The summed E-state index contributed by atoms with van der Waals surface area (Å²) in [4.78, 5) is 82.2. The van der Waals surface area contributed by atoms with E-state index in [-0.39, 0.29) is 107 Å². The van der Waals surface area contributed by atoms with Crippen LogP contribution in [-0.4, -0.2) is 87.9 Å². The molecule has 13 atom stereocenters. The molecule has 3 heterocycles. The zero-order chi connectivity index (χ0) is 56.3. The largest absolute Gasteiger partial charge is 0.348 e. The molecule has 0 aliphatic carbocycles. The number of aryl methyl sites for hydroxylation is 4. The second-order valence-corrected chi connectivity index (χ2v) is 23.5. The Morgan fingerprint density at radius 3 is 1.20 bits per heavy atom. The smallest absolute Gasteiger partial charge is 0.243 e. The molecular weight excluding hydrogens is 937 g/mol. The van der Waals surface area contributed by atoms with Crippen LogP contribution in [0.25, 0.3) is 0 Å². The van der Waals surface area contributed by atoms with Crippen LogP contribution >= 0.6 is 0 Å². The first-order valence-corrected chi connectivity index (χ1v) is 28.2. The van der Waals surface area contributed by atoms with Gasteiger partial charge >= 0.3 is 0 Å².